The summed E-state index contributed by atoms with van der Waals surface area (Å²) in [6, 6.07) is 7.01. The molecular weight excluding hydrogens is 225 g/mol. The molecule has 5 heteroatoms. The van der Waals surface area contributed by atoms with Gasteiger partial charge in [0.15, 0.2) is 5.82 Å². The summed E-state index contributed by atoms with van der Waals surface area (Å²) in [7, 11) is 0. The lowest BCUT2D eigenvalue weighted by atomic mass is 10.1. The van der Waals surface area contributed by atoms with Crippen LogP contribution >= 0.6 is 0 Å². The van der Waals surface area contributed by atoms with Gasteiger partial charge >= 0.3 is 0 Å². The van der Waals surface area contributed by atoms with Crippen molar-refractivity contribution in [2.24, 2.45) is 4.36 Å². The molecule has 0 radical (unpaired) electrons. The number of nitrogens with zero attached hydrogens (tertiary/aromatic N) is 3. The first-order valence-corrected chi connectivity index (χ1v) is 5.18. The lowest BCUT2D eigenvalue weighted by Gasteiger charge is -2.05. The average molecular weight is 235 g/mol. The zero-order chi connectivity index (χ0) is 11.5. The molecule has 82 valence electrons. The van der Waals surface area contributed by atoms with E-state index in [4.69, 9.17) is 0 Å². The normalized spacial score (nSPS) is 10.4. The topological polar surface area (TPSA) is 30.2 Å². The maximum absolute atomic E-state index is 13.7. The van der Waals surface area contributed by atoms with E-state index in [1.807, 2.05) is 6.07 Å². The Balaban J connectivity index is 2.26. The number of rotatable bonds is 3. The largest absolute Gasteiger partial charge is 0.266 e. The van der Waals surface area contributed by atoms with Gasteiger partial charge in [0.25, 0.3) is 0 Å². The minimum absolute atomic E-state index is 0.185. The number of aromatic nitrogens is 2. The van der Waals surface area contributed by atoms with Crippen LogP contribution < -0.4 is 0 Å². The highest BCUT2D eigenvalue weighted by Crippen LogP contribution is 2.14. The van der Waals surface area contributed by atoms with E-state index in [2.05, 4.69) is 21.9 Å². The Labute approximate surface area is 98.1 Å². The zero-order valence-corrected chi connectivity index (χ0v) is 9.54. The Morgan fingerprint density at radius 1 is 1.44 bits per heavy atom. The molecule has 16 heavy (non-hydrogen) atoms. The number of hydrogen-bond donors (Lipinski definition) is 0. The van der Waals surface area contributed by atoms with Crippen molar-refractivity contribution in [3.8, 4) is 0 Å². The first-order valence-electron chi connectivity index (χ1n) is 4.81. The molecule has 0 saturated carbocycles. The summed E-state index contributed by atoms with van der Waals surface area (Å²) in [6.07, 6.45) is 1.73. The van der Waals surface area contributed by atoms with Gasteiger partial charge in [-0.1, -0.05) is 18.2 Å². The van der Waals surface area contributed by atoms with Crippen molar-refractivity contribution in [1.82, 2.24) is 9.78 Å². The third-order valence-electron chi connectivity index (χ3n) is 2.32. The second kappa shape index (κ2) is 4.49. The molecule has 0 bridgehead atoms. The van der Waals surface area contributed by atoms with Crippen LogP contribution in [0.25, 0.3) is 0 Å². The Hall–Kier alpha value is -1.62. The van der Waals surface area contributed by atoms with Gasteiger partial charge in [-0.3, -0.25) is 4.68 Å². The summed E-state index contributed by atoms with van der Waals surface area (Å²) in [4.78, 5) is 0. The Morgan fingerprint density at radius 2 is 2.25 bits per heavy atom. The molecule has 0 N–H and O–H groups in total. The van der Waals surface area contributed by atoms with Crippen molar-refractivity contribution >= 4 is 18.2 Å². The van der Waals surface area contributed by atoms with Gasteiger partial charge in [0.05, 0.1) is 6.54 Å². The maximum Gasteiger partial charge on any atom is 0.187 e. The Bertz CT molecular complexity index is 522. The van der Waals surface area contributed by atoms with E-state index in [9.17, 15) is 4.39 Å². The highest BCUT2D eigenvalue weighted by molar-refractivity contribution is 7.47. The molecule has 1 heterocycles. The second-order valence-electron chi connectivity index (χ2n) is 3.51. The molecule has 0 aliphatic carbocycles. The Kier molecular flexibility index (Phi) is 3.05. The summed E-state index contributed by atoms with van der Waals surface area (Å²) in [5.41, 5.74) is 1.25. The standard InChI is InChI=1S/C11H10FN3S/c1-8-3-2-4-9(11(8)12)7-15-6-5-10(13-15)14-16/h2-6H,7H2,1H3. The lowest BCUT2D eigenvalue weighted by Crippen LogP contribution is -2.03. The van der Waals surface area contributed by atoms with Gasteiger partial charge in [-0.25, -0.2) is 4.39 Å². The number of hydrogen-bond acceptors (Lipinski definition) is 3. The van der Waals surface area contributed by atoms with Crippen LogP contribution in [-0.4, -0.2) is 9.78 Å². The van der Waals surface area contributed by atoms with Crippen molar-refractivity contribution in [1.29, 1.82) is 0 Å². The van der Waals surface area contributed by atoms with Crippen LogP contribution in [0.2, 0.25) is 0 Å². The average Bonchev–Trinajstić information content (AvgIpc) is 2.73. The van der Waals surface area contributed by atoms with Crippen LogP contribution in [0.3, 0.4) is 0 Å². The fourth-order valence-corrected chi connectivity index (χ4v) is 1.59. The van der Waals surface area contributed by atoms with Gasteiger partial charge in [-0.2, -0.15) is 9.46 Å². The zero-order valence-electron chi connectivity index (χ0n) is 8.72. The van der Waals surface area contributed by atoms with Crippen LogP contribution in [0, 0.1) is 12.7 Å². The van der Waals surface area contributed by atoms with Crippen molar-refractivity contribution < 1.29 is 4.39 Å². The summed E-state index contributed by atoms with van der Waals surface area (Å²) in [6.45, 7) is 2.13. The van der Waals surface area contributed by atoms with Crippen LogP contribution in [-0.2, 0) is 19.0 Å². The molecule has 0 atom stereocenters. The van der Waals surface area contributed by atoms with Gasteiger partial charge in [-0.15, -0.1) is 0 Å². The van der Waals surface area contributed by atoms with Crippen LogP contribution in [0.15, 0.2) is 34.8 Å². The lowest BCUT2D eigenvalue weighted by molar-refractivity contribution is 0.578. The van der Waals surface area contributed by atoms with E-state index in [-0.39, 0.29) is 5.82 Å². The molecule has 2 rings (SSSR count). The molecule has 0 amide bonds. The molecule has 0 aliphatic heterocycles. The quantitative estimate of drug-likeness (QED) is 0.818. The van der Waals surface area contributed by atoms with Gasteiger partial charge in [-0.05, 0) is 12.5 Å². The molecule has 0 unspecified atom stereocenters. The Morgan fingerprint density at radius 3 is 2.94 bits per heavy atom. The summed E-state index contributed by atoms with van der Waals surface area (Å²) in [5, 5.41) is 4.07. The fraction of sp³-hybridized carbons (Fsp3) is 0.182. The minimum Gasteiger partial charge on any atom is -0.266 e. The van der Waals surface area contributed by atoms with Gasteiger partial charge in [0.2, 0.25) is 0 Å². The predicted octanol–water partition coefficient (Wildman–Crippen LogP) is 2.74. The van der Waals surface area contributed by atoms with Crippen molar-refractivity contribution in [2.75, 3.05) is 0 Å². The molecule has 0 aliphatic rings. The van der Waals surface area contributed by atoms with Gasteiger partial charge in [0.1, 0.15) is 5.82 Å². The van der Waals surface area contributed by atoms with Crippen molar-refractivity contribution in [2.45, 2.75) is 13.5 Å². The van der Waals surface area contributed by atoms with E-state index >= 15 is 0 Å². The molecule has 1 aromatic heterocycles. The van der Waals surface area contributed by atoms with Crippen LogP contribution in [0.4, 0.5) is 10.2 Å². The minimum atomic E-state index is -0.185. The van der Waals surface area contributed by atoms with E-state index in [1.54, 1.807) is 36.0 Å². The smallest absolute Gasteiger partial charge is 0.187 e. The third kappa shape index (κ3) is 2.14. The van der Waals surface area contributed by atoms with Crippen molar-refractivity contribution in [3.05, 3.63) is 47.4 Å². The molecule has 0 fully saturated rings. The van der Waals surface area contributed by atoms with Gasteiger partial charge in [0, 0.05) is 30.3 Å². The monoisotopic (exact) mass is 235 g/mol. The van der Waals surface area contributed by atoms with Crippen LogP contribution in [0.1, 0.15) is 11.1 Å². The highest BCUT2D eigenvalue weighted by Gasteiger charge is 2.06. The second-order valence-corrected chi connectivity index (χ2v) is 3.69. The van der Waals surface area contributed by atoms with E-state index < -0.39 is 0 Å². The summed E-state index contributed by atoms with van der Waals surface area (Å²) < 4.78 is 18.8. The van der Waals surface area contributed by atoms with Gasteiger partial charge < -0.3 is 0 Å². The number of halogens is 1. The SMILES string of the molecule is Cc1cccc(Cn2ccc(N=S)n2)c1F. The van der Waals surface area contributed by atoms with E-state index in [0.717, 1.165) is 0 Å². The number of aryl methyl sites for hydroxylation is 1. The molecule has 0 saturated heterocycles. The van der Waals surface area contributed by atoms with Crippen LogP contribution in [0.5, 0.6) is 0 Å². The molecule has 2 aromatic rings. The molecule has 3 nitrogen and oxygen atoms in total. The highest BCUT2D eigenvalue weighted by atomic mass is 32.1. The van der Waals surface area contributed by atoms with Crippen molar-refractivity contribution in [3.63, 3.8) is 0 Å². The first kappa shape index (κ1) is 10.9. The van der Waals surface area contributed by atoms with E-state index in [1.165, 1.54) is 0 Å². The summed E-state index contributed by atoms with van der Waals surface area (Å²) >= 11 is 4.52. The summed E-state index contributed by atoms with van der Waals surface area (Å²) in [5.74, 6) is 0.290. The predicted molar refractivity (Wildman–Crippen MR) is 61.9 cm³/mol. The third-order valence-corrected chi connectivity index (χ3v) is 2.51. The molecular formula is C11H10FN3S. The molecule has 1 aromatic carbocycles. The number of benzene rings is 1. The molecule has 0 spiro atoms. The first-order chi connectivity index (χ1) is 7.70. The fourth-order valence-electron chi connectivity index (χ4n) is 1.49. The van der Waals surface area contributed by atoms with E-state index in [0.29, 0.717) is 23.5 Å². The maximum atomic E-state index is 13.7.